The Bertz CT molecular complexity index is 713. The minimum atomic E-state index is -0.315. The van der Waals surface area contributed by atoms with Gasteiger partial charge in [-0.2, -0.15) is 0 Å². The highest BCUT2D eigenvalue weighted by atomic mass is 16.5. The number of hydrogen-bond acceptors (Lipinski definition) is 5. The third-order valence-corrected chi connectivity index (χ3v) is 3.11. The highest BCUT2D eigenvalue weighted by molar-refractivity contribution is 5.87. The van der Waals surface area contributed by atoms with E-state index in [9.17, 15) is 9.59 Å². The Labute approximate surface area is 139 Å². The number of carbonyl (C=O) groups excluding carboxylic acids is 2. The van der Waals surface area contributed by atoms with Crippen LogP contribution in [0.1, 0.15) is 5.56 Å². The molecule has 0 unspecified atom stereocenters. The molecule has 0 fully saturated rings. The highest BCUT2D eigenvalue weighted by Crippen LogP contribution is 2.12. The van der Waals surface area contributed by atoms with Gasteiger partial charge in [0.25, 0.3) is 0 Å². The Hall–Kier alpha value is -3.10. The fourth-order valence-electron chi connectivity index (χ4n) is 1.84. The SMILES string of the molecule is COc1cccc(CNC(=O)Cn2cc(NC(=O)N(C)C)nn2)c1. The van der Waals surface area contributed by atoms with Gasteiger partial charge in [0, 0.05) is 20.6 Å². The first-order valence-electron chi connectivity index (χ1n) is 7.26. The molecule has 3 amide bonds. The van der Waals surface area contributed by atoms with Crippen LogP contribution in [0.5, 0.6) is 5.75 Å². The van der Waals surface area contributed by atoms with Gasteiger partial charge in [0.05, 0.1) is 13.3 Å². The number of ether oxygens (including phenoxy) is 1. The smallest absolute Gasteiger partial charge is 0.322 e. The summed E-state index contributed by atoms with van der Waals surface area (Å²) in [7, 11) is 4.83. The molecule has 24 heavy (non-hydrogen) atoms. The number of methoxy groups -OCH3 is 1. The molecule has 9 nitrogen and oxygen atoms in total. The van der Waals surface area contributed by atoms with Crippen molar-refractivity contribution >= 4 is 17.8 Å². The van der Waals surface area contributed by atoms with Crippen molar-refractivity contribution in [2.24, 2.45) is 0 Å². The Morgan fingerprint density at radius 1 is 1.33 bits per heavy atom. The van der Waals surface area contributed by atoms with Crippen LogP contribution in [0.4, 0.5) is 10.6 Å². The molecule has 0 aliphatic heterocycles. The van der Waals surface area contributed by atoms with Crippen LogP contribution >= 0.6 is 0 Å². The van der Waals surface area contributed by atoms with Crippen LogP contribution < -0.4 is 15.4 Å². The Balaban J connectivity index is 1.84. The average Bonchev–Trinajstić information content (AvgIpc) is 3.00. The van der Waals surface area contributed by atoms with Crippen LogP contribution in [0.25, 0.3) is 0 Å². The van der Waals surface area contributed by atoms with Gasteiger partial charge < -0.3 is 15.0 Å². The lowest BCUT2D eigenvalue weighted by molar-refractivity contribution is -0.122. The second kappa shape index (κ2) is 7.95. The van der Waals surface area contributed by atoms with E-state index < -0.39 is 0 Å². The summed E-state index contributed by atoms with van der Waals surface area (Å²) in [5.41, 5.74) is 0.931. The number of nitrogens with one attached hydrogen (secondary N) is 2. The van der Waals surface area contributed by atoms with E-state index in [0.717, 1.165) is 11.3 Å². The summed E-state index contributed by atoms with van der Waals surface area (Å²) in [5.74, 6) is 0.807. The normalized spacial score (nSPS) is 10.1. The molecule has 128 valence electrons. The Morgan fingerprint density at radius 2 is 2.12 bits per heavy atom. The van der Waals surface area contributed by atoms with Gasteiger partial charge in [-0.15, -0.1) is 5.10 Å². The van der Waals surface area contributed by atoms with E-state index >= 15 is 0 Å². The number of carbonyl (C=O) groups is 2. The summed E-state index contributed by atoms with van der Waals surface area (Å²) in [5, 5.41) is 12.9. The molecule has 0 saturated carbocycles. The van der Waals surface area contributed by atoms with Crippen LogP contribution in [-0.4, -0.2) is 53.0 Å². The molecule has 2 N–H and O–H groups in total. The van der Waals surface area contributed by atoms with Gasteiger partial charge >= 0.3 is 6.03 Å². The minimum absolute atomic E-state index is 0.00873. The zero-order valence-electron chi connectivity index (χ0n) is 13.8. The van der Waals surface area contributed by atoms with Crippen molar-refractivity contribution < 1.29 is 14.3 Å². The van der Waals surface area contributed by atoms with E-state index in [1.165, 1.54) is 15.8 Å². The first-order valence-corrected chi connectivity index (χ1v) is 7.26. The standard InChI is InChI=1S/C15H20N6O3/c1-20(2)15(23)17-13-9-21(19-18-13)10-14(22)16-8-11-5-4-6-12(7-11)24-3/h4-7,9H,8,10H2,1-3H3,(H,16,22)(H,17,23). The van der Waals surface area contributed by atoms with Crippen LogP contribution in [-0.2, 0) is 17.9 Å². The quantitative estimate of drug-likeness (QED) is 0.811. The molecule has 0 spiro atoms. The molecule has 0 atom stereocenters. The predicted octanol–water partition coefficient (Wildman–Crippen LogP) is 0.697. The van der Waals surface area contributed by atoms with Crippen molar-refractivity contribution in [1.29, 1.82) is 0 Å². The summed E-state index contributed by atoms with van der Waals surface area (Å²) in [4.78, 5) is 24.8. The zero-order valence-corrected chi connectivity index (χ0v) is 13.8. The van der Waals surface area contributed by atoms with Gasteiger partial charge in [-0.05, 0) is 17.7 Å². The molecule has 1 heterocycles. The number of amides is 3. The van der Waals surface area contributed by atoms with E-state index in [-0.39, 0.29) is 24.3 Å². The first kappa shape index (κ1) is 17.3. The van der Waals surface area contributed by atoms with Gasteiger partial charge in [0.2, 0.25) is 5.91 Å². The molecule has 0 radical (unpaired) electrons. The first-order chi connectivity index (χ1) is 11.5. The second-order valence-electron chi connectivity index (χ2n) is 5.25. The molecule has 1 aromatic carbocycles. The van der Waals surface area contributed by atoms with Crippen LogP contribution in [0, 0.1) is 0 Å². The van der Waals surface area contributed by atoms with Gasteiger partial charge in [0.1, 0.15) is 12.3 Å². The van der Waals surface area contributed by atoms with Crippen molar-refractivity contribution in [3.05, 3.63) is 36.0 Å². The summed E-state index contributed by atoms with van der Waals surface area (Å²) >= 11 is 0. The van der Waals surface area contributed by atoms with E-state index in [1.54, 1.807) is 21.2 Å². The molecule has 0 aliphatic carbocycles. The number of nitrogens with zero attached hydrogens (tertiary/aromatic N) is 4. The molecule has 9 heteroatoms. The van der Waals surface area contributed by atoms with Crippen molar-refractivity contribution in [2.75, 3.05) is 26.5 Å². The molecular formula is C15H20N6O3. The van der Waals surface area contributed by atoms with Crippen molar-refractivity contribution in [2.45, 2.75) is 13.1 Å². The topological polar surface area (TPSA) is 101 Å². The molecule has 2 rings (SSSR count). The lowest BCUT2D eigenvalue weighted by Gasteiger charge is -2.09. The van der Waals surface area contributed by atoms with Crippen molar-refractivity contribution in [3.63, 3.8) is 0 Å². The van der Waals surface area contributed by atoms with Gasteiger partial charge in [-0.3, -0.25) is 10.1 Å². The van der Waals surface area contributed by atoms with Crippen LogP contribution in [0.15, 0.2) is 30.5 Å². The van der Waals surface area contributed by atoms with Crippen LogP contribution in [0.3, 0.4) is 0 Å². The summed E-state index contributed by atoms with van der Waals surface area (Å²) < 4.78 is 6.49. The lowest BCUT2D eigenvalue weighted by atomic mass is 10.2. The maximum absolute atomic E-state index is 12.0. The predicted molar refractivity (Wildman–Crippen MR) is 87.6 cm³/mol. The number of hydrogen-bond donors (Lipinski definition) is 2. The molecule has 0 aliphatic rings. The Morgan fingerprint density at radius 3 is 2.83 bits per heavy atom. The fraction of sp³-hybridized carbons (Fsp3) is 0.333. The molecular weight excluding hydrogens is 312 g/mol. The highest BCUT2D eigenvalue weighted by Gasteiger charge is 2.09. The van der Waals surface area contributed by atoms with E-state index in [2.05, 4.69) is 20.9 Å². The maximum Gasteiger partial charge on any atom is 0.322 e. The van der Waals surface area contributed by atoms with E-state index in [0.29, 0.717) is 6.54 Å². The van der Waals surface area contributed by atoms with Gasteiger partial charge in [-0.25, -0.2) is 9.48 Å². The van der Waals surface area contributed by atoms with Crippen molar-refractivity contribution in [3.8, 4) is 5.75 Å². The monoisotopic (exact) mass is 332 g/mol. The Kier molecular flexibility index (Phi) is 5.72. The largest absolute Gasteiger partial charge is 0.497 e. The summed E-state index contributed by atoms with van der Waals surface area (Å²) in [6.45, 7) is 0.393. The lowest BCUT2D eigenvalue weighted by Crippen LogP contribution is -2.28. The number of urea groups is 1. The zero-order chi connectivity index (χ0) is 17.5. The third kappa shape index (κ3) is 4.97. The summed E-state index contributed by atoms with van der Waals surface area (Å²) in [6.07, 6.45) is 1.49. The molecule has 0 bridgehead atoms. The summed E-state index contributed by atoms with van der Waals surface area (Å²) in [6, 6.07) is 7.13. The fourth-order valence-corrected chi connectivity index (χ4v) is 1.84. The number of aromatic nitrogens is 3. The van der Waals surface area contributed by atoms with Gasteiger partial charge in [-0.1, -0.05) is 17.3 Å². The second-order valence-corrected chi connectivity index (χ2v) is 5.25. The number of rotatable bonds is 6. The van der Waals surface area contributed by atoms with Crippen LogP contribution in [0.2, 0.25) is 0 Å². The van der Waals surface area contributed by atoms with Crippen molar-refractivity contribution in [1.82, 2.24) is 25.2 Å². The molecule has 1 aromatic heterocycles. The number of anilines is 1. The third-order valence-electron chi connectivity index (χ3n) is 3.11. The van der Waals surface area contributed by atoms with E-state index in [1.807, 2.05) is 24.3 Å². The van der Waals surface area contributed by atoms with Gasteiger partial charge in [0.15, 0.2) is 5.82 Å². The molecule has 0 saturated heterocycles. The average molecular weight is 332 g/mol. The minimum Gasteiger partial charge on any atom is -0.497 e. The molecule has 2 aromatic rings. The van der Waals surface area contributed by atoms with E-state index in [4.69, 9.17) is 4.74 Å². The maximum atomic E-state index is 12.0. The number of benzene rings is 1.